The molecule has 2 aliphatic rings. The van der Waals surface area contributed by atoms with Gasteiger partial charge in [-0.05, 0) is 43.7 Å². The number of hydrogen-bond acceptors (Lipinski definition) is 1. The third-order valence-corrected chi connectivity index (χ3v) is 5.06. The lowest BCUT2D eigenvalue weighted by atomic mass is 9.78. The molecule has 0 radical (unpaired) electrons. The predicted octanol–water partition coefficient (Wildman–Crippen LogP) is 4.41. The lowest BCUT2D eigenvalue weighted by molar-refractivity contribution is 0.0390. The second-order valence-corrected chi connectivity index (χ2v) is 6.41. The first-order chi connectivity index (χ1) is 10.1. The summed E-state index contributed by atoms with van der Waals surface area (Å²) in [6.07, 6.45) is 6.61. The van der Waals surface area contributed by atoms with Gasteiger partial charge in [-0.1, -0.05) is 24.4 Å². The Morgan fingerprint density at radius 1 is 1.10 bits per heavy atom. The largest absolute Gasteiger partial charge is 0.335 e. The molecule has 114 valence electrons. The Morgan fingerprint density at radius 3 is 2.57 bits per heavy atom. The molecule has 5 heteroatoms. The lowest BCUT2D eigenvalue weighted by Crippen LogP contribution is -2.49. The molecule has 0 bridgehead atoms. The molecular weight excluding hydrogens is 296 g/mol. The number of piperidine rings is 1. The maximum atomic E-state index is 13.4. The molecule has 0 aromatic heterocycles. The van der Waals surface area contributed by atoms with E-state index in [1.807, 2.05) is 4.90 Å². The van der Waals surface area contributed by atoms with Crippen molar-refractivity contribution in [3.63, 3.8) is 0 Å². The quantitative estimate of drug-likeness (QED) is 0.703. The first-order valence-corrected chi connectivity index (χ1v) is 7.91. The SMILES string of the molecule is O=C(c1cc(F)c(F)cc1Cl)N1CCCC2CCCCC21. The van der Waals surface area contributed by atoms with Crippen LogP contribution in [-0.4, -0.2) is 23.4 Å². The third kappa shape index (κ3) is 2.78. The zero-order valence-corrected chi connectivity index (χ0v) is 12.5. The molecule has 1 saturated carbocycles. The third-order valence-electron chi connectivity index (χ3n) is 4.74. The molecule has 0 N–H and O–H groups in total. The molecule has 2 unspecified atom stereocenters. The second kappa shape index (κ2) is 5.91. The fourth-order valence-corrected chi connectivity index (χ4v) is 3.95. The summed E-state index contributed by atoms with van der Waals surface area (Å²) >= 11 is 5.94. The first kappa shape index (κ1) is 14.8. The highest BCUT2D eigenvalue weighted by molar-refractivity contribution is 6.33. The highest BCUT2D eigenvalue weighted by Gasteiger charge is 2.36. The van der Waals surface area contributed by atoms with Crippen LogP contribution in [0.3, 0.4) is 0 Å². The maximum absolute atomic E-state index is 13.4. The van der Waals surface area contributed by atoms with Gasteiger partial charge in [0.05, 0.1) is 10.6 Å². The number of rotatable bonds is 1. The van der Waals surface area contributed by atoms with E-state index in [0.29, 0.717) is 12.5 Å². The van der Waals surface area contributed by atoms with E-state index in [1.165, 1.54) is 6.42 Å². The molecular formula is C16H18ClF2NO. The minimum atomic E-state index is -1.03. The van der Waals surface area contributed by atoms with Crippen LogP contribution < -0.4 is 0 Å². The van der Waals surface area contributed by atoms with Crippen molar-refractivity contribution in [1.29, 1.82) is 0 Å². The van der Waals surface area contributed by atoms with Gasteiger partial charge in [-0.15, -0.1) is 0 Å². The minimum absolute atomic E-state index is 0.0168. The van der Waals surface area contributed by atoms with Gasteiger partial charge in [0.2, 0.25) is 0 Å². The molecule has 1 aliphatic carbocycles. The van der Waals surface area contributed by atoms with E-state index in [1.54, 1.807) is 0 Å². The Balaban J connectivity index is 1.88. The molecule has 1 amide bonds. The highest BCUT2D eigenvalue weighted by Crippen LogP contribution is 2.36. The summed E-state index contributed by atoms with van der Waals surface area (Å²) in [5.41, 5.74) is 0.0711. The van der Waals surface area contributed by atoms with Crippen molar-refractivity contribution in [3.8, 4) is 0 Å². The number of carbonyl (C=O) groups excluding carboxylic acids is 1. The van der Waals surface area contributed by atoms with Gasteiger partial charge >= 0.3 is 0 Å². The van der Waals surface area contributed by atoms with Crippen molar-refractivity contribution in [2.24, 2.45) is 5.92 Å². The summed E-state index contributed by atoms with van der Waals surface area (Å²) in [6, 6.07) is 2.03. The van der Waals surface area contributed by atoms with Gasteiger partial charge in [0.25, 0.3) is 5.91 Å². The van der Waals surface area contributed by atoms with Crippen LogP contribution in [0, 0.1) is 17.6 Å². The van der Waals surface area contributed by atoms with Crippen LogP contribution in [0.4, 0.5) is 8.78 Å². The predicted molar refractivity (Wildman–Crippen MR) is 77.4 cm³/mol. The Labute approximate surface area is 128 Å². The molecule has 2 fully saturated rings. The maximum Gasteiger partial charge on any atom is 0.255 e. The van der Waals surface area contributed by atoms with Gasteiger partial charge in [-0.3, -0.25) is 4.79 Å². The van der Waals surface area contributed by atoms with Gasteiger partial charge in [0.15, 0.2) is 11.6 Å². The number of amides is 1. The van der Waals surface area contributed by atoms with Crippen LogP contribution in [0.15, 0.2) is 12.1 Å². The van der Waals surface area contributed by atoms with E-state index in [2.05, 4.69) is 0 Å². The van der Waals surface area contributed by atoms with Crippen LogP contribution >= 0.6 is 11.6 Å². The summed E-state index contributed by atoms with van der Waals surface area (Å²) in [5.74, 6) is -1.78. The van der Waals surface area contributed by atoms with Gasteiger partial charge in [0, 0.05) is 12.6 Å². The van der Waals surface area contributed by atoms with Gasteiger partial charge < -0.3 is 4.90 Å². The number of fused-ring (bicyclic) bond motifs is 1. The zero-order chi connectivity index (χ0) is 15.0. The topological polar surface area (TPSA) is 20.3 Å². The van der Waals surface area contributed by atoms with Gasteiger partial charge in [0.1, 0.15) is 0 Å². The average Bonchev–Trinajstić information content (AvgIpc) is 2.49. The van der Waals surface area contributed by atoms with Crippen molar-refractivity contribution < 1.29 is 13.6 Å². The number of carbonyl (C=O) groups is 1. The zero-order valence-electron chi connectivity index (χ0n) is 11.7. The molecule has 1 heterocycles. The van der Waals surface area contributed by atoms with E-state index >= 15 is 0 Å². The molecule has 1 aliphatic heterocycles. The fourth-order valence-electron chi connectivity index (χ4n) is 3.72. The summed E-state index contributed by atoms with van der Waals surface area (Å²) in [5, 5.41) is -0.0168. The lowest BCUT2D eigenvalue weighted by Gasteiger charge is -2.44. The summed E-state index contributed by atoms with van der Waals surface area (Å²) in [6.45, 7) is 0.676. The monoisotopic (exact) mass is 313 g/mol. The van der Waals surface area contributed by atoms with Crippen molar-refractivity contribution >= 4 is 17.5 Å². The van der Waals surface area contributed by atoms with Crippen LogP contribution in [0.2, 0.25) is 5.02 Å². The number of halogens is 3. The fraction of sp³-hybridized carbons (Fsp3) is 0.562. The normalized spacial score (nSPS) is 25.6. The molecule has 2 atom stereocenters. The first-order valence-electron chi connectivity index (χ1n) is 7.53. The van der Waals surface area contributed by atoms with Crippen molar-refractivity contribution in [2.45, 2.75) is 44.6 Å². The molecule has 1 saturated heterocycles. The van der Waals surface area contributed by atoms with E-state index in [9.17, 15) is 13.6 Å². The molecule has 1 aromatic carbocycles. The second-order valence-electron chi connectivity index (χ2n) is 6.00. The Hall–Kier alpha value is -1.16. The average molecular weight is 314 g/mol. The van der Waals surface area contributed by atoms with Crippen molar-refractivity contribution in [2.75, 3.05) is 6.54 Å². The molecule has 3 rings (SSSR count). The number of likely N-dealkylation sites (tertiary alicyclic amines) is 1. The van der Waals surface area contributed by atoms with Gasteiger partial charge in [-0.25, -0.2) is 8.78 Å². The molecule has 2 nitrogen and oxygen atoms in total. The van der Waals surface area contributed by atoms with Crippen LogP contribution in [0.5, 0.6) is 0 Å². The number of nitrogens with zero attached hydrogens (tertiary/aromatic N) is 1. The Kier molecular flexibility index (Phi) is 4.16. The van der Waals surface area contributed by atoms with Crippen molar-refractivity contribution in [3.05, 3.63) is 34.4 Å². The van der Waals surface area contributed by atoms with E-state index in [-0.39, 0.29) is 22.5 Å². The Bertz CT molecular complexity index is 561. The smallest absolute Gasteiger partial charge is 0.255 e. The van der Waals surface area contributed by atoms with E-state index in [0.717, 1.165) is 44.2 Å². The van der Waals surface area contributed by atoms with Crippen molar-refractivity contribution in [1.82, 2.24) is 4.90 Å². The minimum Gasteiger partial charge on any atom is -0.335 e. The van der Waals surface area contributed by atoms with Crippen LogP contribution in [0.1, 0.15) is 48.9 Å². The van der Waals surface area contributed by atoms with Crippen LogP contribution in [0.25, 0.3) is 0 Å². The highest BCUT2D eigenvalue weighted by atomic mass is 35.5. The molecule has 21 heavy (non-hydrogen) atoms. The summed E-state index contributed by atoms with van der Waals surface area (Å²) < 4.78 is 26.6. The number of hydrogen-bond donors (Lipinski definition) is 0. The van der Waals surface area contributed by atoms with Gasteiger partial charge in [-0.2, -0.15) is 0 Å². The number of benzene rings is 1. The van der Waals surface area contributed by atoms with E-state index < -0.39 is 11.6 Å². The Morgan fingerprint density at radius 2 is 1.76 bits per heavy atom. The standard InChI is InChI=1S/C16H18ClF2NO/c17-12-9-14(19)13(18)8-11(12)16(21)20-7-3-5-10-4-1-2-6-15(10)20/h8-10,15H,1-7H2. The summed E-state index contributed by atoms with van der Waals surface area (Å²) in [7, 11) is 0. The van der Waals surface area contributed by atoms with Crippen LogP contribution in [-0.2, 0) is 0 Å². The van der Waals surface area contributed by atoms with E-state index in [4.69, 9.17) is 11.6 Å². The molecule has 0 spiro atoms. The summed E-state index contributed by atoms with van der Waals surface area (Å²) in [4.78, 5) is 14.5. The molecule has 1 aromatic rings.